The van der Waals surface area contributed by atoms with E-state index in [9.17, 15) is 24.5 Å². The van der Waals surface area contributed by atoms with Crippen LogP contribution in [-0.2, 0) is 9.53 Å². The summed E-state index contributed by atoms with van der Waals surface area (Å²) in [6.45, 7) is 5.18. The number of fused-ring (bicyclic) bond motifs is 5. The number of hydrazone groups is 1. The van der Waals surface area contributed by atoms with Crippen molar-refractivity contribution in [2.45, 2.75) is 44.4 Å². The van der Waals surface area contributed by atoms with Gasteiger partial charge in [0.25, 0.3) is 5.69 Å². The molecule has 3 aliphatic rings. The molecule has 196 valence electrons. The number of ketones is 2. The first kappa shape index (κ1) is 24.7. The molecule has 2 heterocycles. The summed E-state index contributed by atoms with van der Waals surface area (Å²) in [6.07, 6.45) is 1.60. The third kappa shape index (κ3) is 3.46. The number of carbonyl (C=O) groups excluding carboxylic acids is 3. The van der Waals surface area contributed by atoms with E-state index in [4.69, 9.17) is 4.74 Å². The number of esters is 1. The topological polar surface area (TPSA) is 119 Å². The van der Waals surface area contributed by atoms with Gasteiger partial charge in [0.05, 0.1) is 17.2 Å². The highest BCUT2D eigenvalue weighted by atomic mass is 16.6. The number of nitro groups is 1. The number of hydrogen-bond acceptors (Lipinski definition) is 8. The van der Waals surface area contributed by atoms with Crippen molar-refractivity contribution in [1.82, 2.24) is 5.01 Å². The minimum absolute atomic E-state index is 0.213. The number of ether oxygens (including phenoxy) is 1. The van der Waals surface area contributed by atoms with Crippen LogP contribution in [0.3, 0.4) is 0 Å². The van der Waals surface area contributed by atoms with Gasteiger partial charge in [-0.05, 0) is 37.5 Å². The lowest BCUT2D eigenvalue weighted by Gasteiger charge is -2.36. The molecule has 6 rings (SSSR count). The number of non-ortho nitro benzene ring substituents is 1. The molecule has 2 aliphatic heterocycles. The lowest BCUT2D eigenvalue weighted by molar-refractivity contribution is -0.384. The molecule has 1 saturated heterocycles. The minimum Gasteiger partial charge on any atom is -0.458 e. The van der Waals surface area contributed by atoms with Crippen molar-refractivity contribution in [2.75, 3.05) is 0 Å². The number of benzene rings is 3. The quantitative estimate of drug-likeness (QED) is 0.208. The normalized spacial score (nSPS) is 22.4. The number of carbonyl (C=O) groups is 3. The van der Waals surface area contributed by atoms with E-state index in [-0.39, 0.29) is 16.8 Å². The van der Waals surface area contributed by atoms with Crippen LogP contribution in [0.15, 0.2) is 77.9 Å². The van der Waals surface area contributed by atoms with E-state index in [1.54, 1.807) is 57.3 Å². The molecule has 0 amide bonds. The molecule has 0 radical (unpaired) electrons. The van der Waals surface area contributed by atoms with Gasteiger partial charge in [0.1, 0.15) is 11.0 Å². The maximum absolute atomic E-state index is 14.6. The second kappa shape index (κ2) is 8.42. The van der Waals surface area contributed by atoms with E-state index in [2.05, 4.69) is 5.10 Å². The van der Waals surface area contributed by atoms with Crippen molar-refractivity contribution in [1.29, 1.82) is 0 Å². The first-order valence-electron chi connectivity index (χ1n) is 12.6. The monoisotopic (exact) mass is 523 g/mol. The van der Waals surface area contributed by atoms with Crippen LogP contribution in [0.25, 0.3) is 0 Å². The maximum Gasteiger partial charge on any atom is 0.331 e. The summed E-state index contributed by atoms with van der Waals surface area (Å²) in [5.41, 5.74) is -0.676. The molecule has 3 aromatic rings. The third-order valence-corrected chi connectivity index (χ3v) is 7.66. The van der Waals surface area contributed by atoms with Crippen molar-refractivity contribution < 1.29 is 24.0 Å². The summed E-state index contributed by atoms with van der Waals surface area (Å²) < 4.78 is 5.83. The van der Waals surface area contributed by atoms with Crippen molar-refractivity contribution in [3.63, 3.8) is 0 Å². The van der Waals surface area contributed by atoms with Gasteiger partial charge in [-0.25, -0.2) is 4.79 Å². The number of Topliss-reactive ketones (excluding diaryl/α,β-unsaturated/α-hetero) is 2. The second-order valence-corrected chi connectivity index (χ2v) is 11.0. The predicted molar refractivity (Wildman–Crippen MR) is 142 cm³/mol. The Kier molecular flexibility index (Phi) is 5.33. The molecule has 1 fully saturated rings. The molecule has 39 heavy (non-hydrogen) atoms. The van der Waals surface area contributed by atoms with Crippen LogP contribution < -0.4 is 0 Å². The van der Waals surface area contributed by atoms with Gasteiger partial charge in [-0.15, -0.1) is 0 Å². The van der Waals surface area contributed by atoms with E-state index in [0.29, 0.717) is 11.1 Å². The largest absolute Gasteiger partial charge is 0.458 e. The smallest absolute Gasteiger partial charge is 0.331 e. The van der Waals surface area contributed by atoms with Crippen LogP contribution in [0.2, 0.25) is 0 Å². The lowest BCUT2D eigenvalue weighted by Crippen LogP contribution is -2.44. The number of nitro benzene ring substituents is 1. The van der Waals surface area contributed by atoms with Gasteiger partial charge in [0.15, 0.2) is 17.6 Å². The first-order chi connectivity index (χ1) is 18.6. The van der Waals surface area contributed by atoms with E-state index >= 15 is 0 Å². The summed E-state index contributed by atoms with van der Waals surface area (Å²) >= 11 is 0. The van der Waals surface area contributed by atoms with Crippen molar-refractivity contribution in [3.05, 3.63) is 111 Å². The Bertz CT molecular complexity index is 1570. The van der Waals surface area contributed by atoms with Crippen LogP contribution in [-0.4, -0.2) is 45.3 Å². The van der Waals surface area contributed by atoms with E-state index < -0.39 is 51.5 Å². The summed E-state index contributed by atoms with van der Waals surface area (Å²) in [7, 11) is 0. The van der Waals surface area contributed by atoms with Gasteiger partial charge < -0.3 is 4.74 Å². The predicted octanol–water partition coefficient (Wildman–Crippen LogP) is 4.86. The van der Waals surface area contributed by atoms with Crippen LogP contribution in [0, 0.1) is 15.5 Å². The van der Waals surface area contributed by atoms with E-state index in [0.717, 1.165) is 5.56 Å². The molecule has 9 nitrogen and oxygen atoms in total. The summed E-state index contributed by atoms with van der Waals surface area (Å²) in [4.78, 5) is 54.3. The number of hydrogen-bond donors (Lipinski definition) is 0. The Morgan fingerprint density at radius 2 is 1.62 bits per heavy atom. The molecule has 0 saturated carbocycles. The molecular formula is C30H25N3O6. The average Bonchev–Trinajstić information content (AvgIpc) is 3.34. The standard InChI is InChI=1S/C30H25N3O6/c1-29(2,3)39-28(36)24-23(17-10-8-11-19(15-17)33(37)38)30(26(34)21-13-6-7-14-22(21)27(30)35)25-20-12-5-4-9-18(20)16-31-32(24)25/h4-16,23-25H,1-3H3/t23-,24+,25?/m0/s1. The van der Waals surface area contributed by atoms with Crippen LogP contribution >= 0.6 is 0 Å². The molecule has 3 aromatic carbocycles. The highest BCUT2D eigenvalue weighted by molar-refractivity contribution is 6.31. The van der Waals surface area contributed by atoms with Gasteiger partial charge in [0.2, 0.25) is 0 Å². The zero-order chi connectivity index (χ0) is 27.7. The van der Waals surface area contributed by atoms with Gasteiger partial charge in [0, 0.05) is 29.2 Å². The summed E-state index contributed by atoms with van der Waals surface area (Å²) in [6, 6.07) is 17.5. The van der Waals surface area contributed by atoms with E-state index in [1.807, 2.05) is 24.3 Å². The molecule has 0 N–H and O–H groups in total. The Morgan fingerprint density at radius 3 is 2.26 bits per heavy atom. The van der Waals surface area contributed by atoms with Gasteiger partial charge in [-0.2, -0.15) is 5.10 Å². The SMILES string of the molecule is CC(C)(C)OC(=O)[C@H]1[C@H](c2cccc([N+](=O)[O-])c2)C2(C(=O)c3ccccc3C2=O)C2c3ccccc3C=NN21. The molecule has 1 unspecified atom stereocenters. The van der Waals surface area contributed by atoms with E-state index in [1.165, 1.54) is 23.2 Å². The van der Waals surface area contributed by atoms with Crippen molar-refractivity contribution in [3.8, 4) is 0 Å². The van der Waals surface area contributed by atoms with Crippen molar-refractivity contribution in [2.24, 2.45) is 10.5 Å². The number of nitrogens with zero attached hydrogens (tertiary/aromatic N) is 3. The van der Waals surface area contributed by atoms with Gasteiger partial charge >= 0.3 is 5.97 Å². The zero-order valence-corrected chi connectivity index (χ0v) is 21.5. The fourth-order valence-corrected chi connectivity index (χ4v) is 6.32. The number of rotatable bonds is 3. The first-order valence-corrected chi connectivity index (χ1v) is 12.6. The second-order valence-electron chi connectivity index (χ2n) is 11.0. The lowest BCUT2D eigenvalue weighted by atomic mass is 9.63. The molecule has 1 spiro atoms. The Hall–Kier alpha value is -4.66. The maximum atomic E-state index is 14.6. The van der Waals surface area contributed by atoms with Crippen LogP contribution in [0.1, 0.15) is 70.1 Å². The molecule has 0 bridgehead atoms. The third-order valence-electron chi connectivity index (χ3n) is 7.66. The molecule has 0 aromatic heterocycles. The zero-order valence-electron chi connectivity index (χ0n) is 21.5. The fourth-order valence-electron chi connectivity index (χ4n) is 6.32. The Labute approximate surface area is 224 Å². The highest BCUT2D eigenvalue weighted by Gasteiger charge is 2.73. The average molecular weight is 524 g/mol. The van der Waals surface area contributed by atoms with Crippen LogP contribution in [0.5, 0.6) is 0 Å². The molecule has 3 atom stereocenters. The summed E-state index contributed by atoms with van der Waals surface area (Å²) in [5.74, 6) is -2.66. The van der Waals surface area contributed by atoms with Gasteiger partial charge in [-0.3, -0.25) is 24.7 Å². The Morgan fingerprint density at radius 1 is 0.974 bits per heavy atom. The molecule has 1 aliphatic carbocycles. The minimum atomic E-state index is -1.81. The highest BCUT2D eigenvalue weighted by Crippen LogP contribution is 2.64. The fraction of sp³-hybridized carbons (Fsp3) is 0.267. The molecular weight excluding hydrogens is 498 g/mol. The van der Waals surface area contributed by atoms with Crippen molar-refractivity contribution >= 4 is 29.4 Å². The Balaban J connectivity index is 1.69. The van der Waals surface area contributed by atoms with Gasteiger partial charge in [-0.1, -0.05) is 60.7 Å². The summed E-state index contributed by atoms with van der Waals surface area (Å²) in [5, 5.41) is 17.9. The van der Waals surface area contributed by atoms with Crippen LogP contribution in [0.4, 0.5) is 5.69 Å². The molecule has 9 heteroatoms.